The molecule has 2 aliphatic rings. The number of rotatable bonds is 5. The molecule has 2 aromatic rings. The summed E-state index contributed by atoms with van der Waals surface area (Å²) < 4.78 is 0. The van der Waals surface area contributed by atoms with E-state index >= 15 is 0 Å². The highest BCUT2D eigenvalue weighted by Crippen LogP contribution is 2.32. The molecule has 13 heteroatoms. The number of anilines is 2. The molecule has 0 unspecified atom stereocenters. The number of non-ortho nitro benzene ring substituents is 1. The molecule has 2 N–H and O–H groups in total. The van der Waals surface area contributed by atoms with Crippen LogP contribution in [-0.4, -0.2) is 53.9 Å². The van der Waals surface area contributed by atoms with Crippen LogP contribution < -0.4 is 20.4 Å². The summed E-state index contributed by atoms with van der Waals surface area (Å²) in [6.07, 6.45) is 1.18. The Kier molecular flexibility index (Phi) is 5.91. The van der Waals surface area contributed by atoms with Gasteiger partial charge in [-0.05, 0) is 29.8 Å². The number of piperazine rings is 1. The highest BCUT2D eigenvalue weighted by Gasteiger charge is 2.29. The fraction of sp³-hybridized carbons (Fsp3) is 0.190. The van der Waals surface area contributed by atoms with E-state index in [4.69, 9.17) is 0 Å². The Morgan fingerprint density at radius 1 is 0.794 bits per heavy atom. The van der Waals surface area contributed by atoms with Gasteiger partial charge in [0.1, 0.15) is 11.3 Å². The van der Waals surface area contributed by atoms with E-state index in [-0.39, 0.29) is 22.5 Å². The van der Waals surface area contributed by atoms with Crippen molar-refractivity contribution < 1.29 is 24.2 Å². The van der Waals surface area contributed by atoms with E-state index in [1.807, 2.05) is 20.4 Å². The van der Waals surface area contributed by atoms with Gasteiger partial charge < -0.3 is 9.80 Å². The van der Waals surface area contributed by atoms with Gasteiger partial charge in [0, 0.05) is 50.1 Å². The topological polar surface area (TPSA) is 168 Å². The predicted molar refractivity (Wildman–Crippen MR) is 120 cm³/mol. The highest BCUT2D eigenvalue weighted by molar-refractivity contribution is 6.31. The zero-order valence-corrected chi connectivity index (χ0v) is 17.6. The lowest BCUT2D eigenvalue weighted by Crippen LogP contribution is -2.51. The largest absolute Gasteiger partial charge is 0.368 e. The van der Waals surface area contributed by atoms with Gasteiger partial charge in [-0.25, -0.2) is 4.79 Å². The second-order valence-electron chi connectivity index (χ2n) is 7.55. The number of benzene rings is 2. The van der Waals surface area contributed by atoms with Gasteiger partial charge >= 0.3 is 6.03 Å². The Hall–Kier alpha value is -4.81. The maximum Gasteiger partial charge on any atom is 0.328 e. The first kappa shape index (κ1) is 22.4. The molecule has 0 aliphatic carbocycles. The normalized spacial score (nSPS) is 16.1. The van der Waals surface area contributed by atoms with E-state index in [9.17, 15) is 34.6 Å². The second-order valence-corrected chi connectivity index (χ2v) is 7.55. The molecular formula is C21H18N6O7. The maximum atomic E-state index is 11.9. The smallest absolute Gasteiger partial charge is 0.328 e. The molecule has 2 saturated heterocycles. The molecule has 0 radical (unpaired) electrons. The molecule has 2 aromatic carbocycles. The number of hydrogen-bond acceptors (Lipinski definition) is 9. The predicted octanol–water partition coefficient (Wildman–Crippen LogP) is 1.58. The van der Waals surface area contributed by atoms with E-state index in [0.29, 0.717) is 31.9 Å². The van der Waals surface area contributed by atoms with Crippen molar-refractivity contribution in [1.82, 2.24) is 10.6 Å². The molecule has 4 rings (SSSR count). The lowest BCUT2D eigenvalue weighted by atomic mass is 10.1. The van der Waals surface area contributed by atoms with Gasteiger partial charge in [-0.2, -0.15) is 0 Å². The highest BCUT2D eigenvalue weighted by atomic mass is 16.6. The molecule has 13 nitrogen and oxygen atoms in total. The fourth-order valence-electron chi connectivity index (χ4n) is 3.81. The lowest BCUT2D eigenvalue weighted by molar-refractivity contribution is -0.384. The fourth-order valence-corrected chi connectivity index (χ4v) is 3.81. The molecule has 0 saturated carbocycles. The quantitative estimate of drug-likeness (QED) is 0.288. The molecule has 0 aromatic heterocycles. The summed E-state index contributed by atoms with van der Waals surface area (Å²) >= 11 is 0. The van der Waals surface area contributed by atoms with Crippen molar-refractivity contribution in [2.24, 2.45) is 0 Å². The Balaban J connectivity index is 1.51. The van der Waals surface area contributed by atoms with Crippen LogP contribution in [0.3, 0.4) is 0 Å². The van der Waals surface area contributed by atoms with Gasteiger partial charge in [-0.3, -0.25) is 40.5 Å². The first-order chi connectivity index (χ1) is 16.2. The van der Waals surface area contributed by atoms with Crippen molar-refractivity contribution in [3.63, 3.8) is 0 Å². The number of nitro groups is 2. The first-order valence-corrected chi connectivity index (χ1v) is 10.1. The van der Waals surface area contributed by atoms with E-state index in [1.165, 1.54) is 24.3 Å². The SMILES string of the molecule is O=C1NC(=O)C(=Cc2ccc(N3CCN(c4ccc([N+](=O)[O-])cc4)CC3)c([N+](=O)[O-])c2)C(=O)N1. The number of amides is 4. The summed E-state index contributed by atoms with van der Waals surface area (Å²) in [6, 6.07) is 9.65. The van der Waals surface area contributed by atoms with Gasteiger partial charge in [-0.15, -0.1) is 0 Å². The lowest BCUT2D eigenvalue weighted by Gasteiger charge is -2.37. The van der Waals surface area contributed by atoms with Gasteiger partial charge in [0.2, 0.25) is 0 Å². The van der Waals surface area contributed by atoms with E-state index in [1.54, 1.807) is 24.3 Å². The monoisotopic (exact) mass is 466 g/mol. The molecule has 2 heterocycles. The first-order valence-electron chi connectivity index (χ1n) is 10.1. The van der Waals surface area contributed by atoms with Crippen LogP contribution in [0.5, 0.6) is 0 Å². The van der Waals surface area contributed by atoms with Crippen molar-refractivity contribution in [3.05, 3.63) is 73.8 Å². The van der Waals surface area contributed by atoms with Crippen LogP contribution in [0.2, 0.25) is 0 Å². The van der Waals surface area contributed by atoms with Crippen LogP contribution in [0.15, 0.2) is 48.0 Å². The molecule has 2 fully saturated rings. The molecule has 4 amide bonds. The van der Waals surface area contributed by atoms with E-state index in [0.717, 1.165) is 5.69 Å². The molecule has 0 bridgehead atoms. The number of urea groups is 1. The van der Waals surface area contributed by atoms with E-state index < -0.39 is 27.7 Å². The van der Waals surface area contributed by atoms with Gasteiger partial charge in [0.05, 0.1) is 9.85 Å². The third-order valence-electron chi connectivity index (χ3n) is 5.50. The average molecular weight is 466 g/mol. The van der Waals surface area contributed by atoms with Crippen molar-refractivity contribution in [3.8, 4) is 0 Å². The van der Waals surface area contributed by atoms with Gasteiger partial charge in [-0.1, -0.05) is 6.07 Å². The number of nitro benzene ring substituents is 2. The summed E-state index contributed by atoms with van der Waals surface area (Å²) in [6.45, 7) is 2.06. The Bertz CT molecular complexity index is 1210. The third kappa shape index (κ3) is 4.53. The minimum atomic E-state index is -0.929. The second kappa shape index (κ2) is 8.97. The molecule has 174 valence electrons. The zero-order chi connectivity index (χ0) is 24.4. The molecule has 0 spiro atoms. The van der Waals surface area contributed by atoms with Crippen LogP contribution in [0.1, 0.15) is 5.56 Å². The summed E-state index contributed by atoms with van der Waals surface area (Å²) in [4.78, 5) is 60.5. The number of carbonyl (C=O) groups is 3. The standard InChI is InChI=1S/C21H18N6O7/c28-19-16(20(29)23-21(30)22-19)11-13-1-6-17(18(12-13)27(33)34)25-9-7-24(8-10-25)14-2-4-15(5-3-14)26(31)32/h1-6,11-12H,7-10H2,(H2,22,23,28,29,30). The molecule has 0 atom stereocenters. The Morgan fingerprint density at radius 3 is 1.94 bits per heavy atom. The number of nitrogens with one attached hydrogen (secondary N) is 2. The van der Waals surface area contributed by atoms with Crippen molar-refractivity contribution in [2.75, 3.05) is 36.0 Å². The minimum Gasteiger partial charge on any atom is -0.368 e. The van der Waals surface area contributed by atoms with Crippen LogP contribution in [0.4, 0.5) is 27.5 Å². The number of barbiturate groups is 1. The molecular weight excluding hydrogens is 448 g/mol. The maximum absolute atomic E-state index is 11.9. The van der Waals surface area contributed by atoms with Gasteiger partial charge in [0.15, 0.2) is 0 Å². The summed E-state index contributed by atoms with van der Waals surface area (Å²) in [7, 11) is 0. The van der Waals surface area contributed by atoms with Crippen LogP contribution in [-0.2, 0) is 9.59 Å². The third-order valence-corrected chi connectivity index (χ3v) is 5.50. The molecule has 2 aliphatic heterocycles. The minimum absolute atomic E-state index is 0.00265. The van der Waals surface area contributed by atoms with Crippen LogP contribution in [0.25, 0.3) is 6.08 Å². The van der Waals surface area contributed by atoms with Crippen molar-refractivity contribution in [1.29, 1.82) is 0 Å². The summed E-state index contributed by atoms with van der Waals surface area (Å²) in [5.74, 6) is -1.77. The van der Waals surface area contributed by atoms with Crippen LogP contribution >= 0.6 is 0 Å². The number of hydrogen-bond donors (Lipinski definition) is 2. The van der Waals surface area contributed by atoms with Crippen molar-refractivity contribution >= 4 is 46.7 Å². The molecule has 34 heavy (non-hydrogen) atoms. The summed E-state index contributed by atoms with van der Waals surface area (Å²) in [5.41, 5.74) is 0.953. The van der Waals surface area contributed by atoms with Crippen molar-refractivity contribution in [2.45, 2.75) is 0 Å². The number of nitrogens with zero attached hydrogens (tertiary/aromatic N) is 4. The Morgan fingerprint density at radius 2 is 1.38 bits per heavy atom. The number of imide groups is 2. The number of carbonyl (C=O) groups excluding carboxylic acids is 3. The summed E-state index contributed by atoms with van der Waals surface area (Å²) in [5, 5.41) is 26.5. The van der Waals surface area contributed by atoms with E-state index in [2.05, 4.69) is 0 Å². The van der Waals surface area contributed by atoms with Crippen LogP contribution in [0, 0.1) is 20.2 Å². The van der Waals surface area contributed by atoms with Gasteiger partial charge in [0.25, 0.3) is 23.2 Å². The average Bonchev–Trinajstić information content (AvgIpc) is 2.81. The zero-order valence-electron chi connectivity index (χ0n) is 17.6. The Labute approximate surface area is 191 Å².